The Bertz CT molecular complexity index is 759. The molecule has 0 saturated heterocycles. The van der Waals surface area contributed by atoms with Gasteiger partial charge in [0.05, 0.1) is 12.3 Å². The molecule has 2 aromatic carbocycles. The van der Waals surface area contributed by atoms with Gasteiger partial charge < -0.3 is 14.9 Å². The molecule has 4 nitrogen and oxygen atoms in total. The average molecular weight is 331 g/mol. The van der Waals surface area contributed by atoms with Crippen LogP contribution in [0, 0.1) is 0 Å². The highest BCUT2D eigenvalue weighted by molar-refractivity contribution is 6.32. The highest BCUT2D eigenvalue weighted by Gasteiger charge is 2.27. The fraction of sp³-hybridized carbons (Fsp3) is 0.278. The monoisotopic (exact) mass is 330 g/mol. The first kappa shape index (κ1) is 15.8. The maximum Gasteiger partial charge on any atom is 0.258 e. The van der Waals surface area contributed by atoms with Crippen molar-refractivity contribution in [1.29, 1.82) is 0 Å². The highest BCUT2D eigenvalue weighted by atomic mass is 35.5. The van der Waals surface area contributed by atoms with Crippen molar-refractivity contribution in [2.45, 2.75) is 13.0 Å². The van der Waals surface area contributed by atoms with Gasteiger partial charge in [0.2, 0.25) is 0 Å². The number of amides is 1. The van der Waals surface area contributed by atoms with E-state index < -0.39 is 0 Å². The smallest absolute Gasteiger partial charge is 0.258 e. The molecular weight excluding hydrogens is 312 g/mol. The van der Waals surface area contributed by atoms with Crippen LogP contribution in [0.25, 0.3) is 0 Å². The third kappa shape index (κ3) is 2.80. The zero-order valence-electron chi connectivity index (χ0n) is 13.2. The molecule has 1 aliphatic rings. The first-order valence-corrected chi connectivity index (χ1v) is 7.91. The number of carbonyl (C=O) groups is 1. The Labute approximate surface area is 140 Å². The normalized spacial score (nSPS) is 13.9. The fourth-order valence-corrected chi connectivity index (χ4v) is 3.17. The van der Waals surface area contributed by atoms with Gasteiger partial charge in [-0.3, -0.25) is 4.79 Å². The summed E-state index contributed by atoms with van der Waals surface area (Å²) in [6, 6.07) is 11.2. The molecule has 0 spiro atoms. The molecule has 1 aliphatic heterocycles. The van der Waals surface area contributed by atoms with E-state index in [2.05, 4.69) is 6.07 Å². The van der Waals surface area contributed by atoms with Gasteiger partial charge in [-0.05, 0) is 42.3 Å². The molecule has 0 bridgehead atoms. The second kappa shape index (κ2) is 6.22. The number of fused-ring (bicyclic) bond motifs is 1. The summed E-state index contributed by atoms with van der Waals surface area (Å²) in [6.45, 7) is 0.390. The number of halogens is 1. The lowest BCUT2D eigenvalue weighted by atomic mass is 9.97. The van der Waals surface area contributed by atoms with Crippen LogP contribution in [0.15, 0.2) is 36.4 Å². The third-order valence-electron chi connectivity index (χ3n) is 4.23. The molecule has 0 aromatic heterocycles. The standard InChI is InChI=1S/C18H19ClN2O2/c1-20(2)13-6-7-14-12(10-13)8-9-21(18(14)23)17-5-3-4-16(19)15(17)11-22/h3-7,10,22H,8-9,11H2,1-2H3. The van der Waals surface area contributed by atoms with Gasteiger partial charge in [-0.2, -0.15) is 0 Å². The molecule has 5 heteroatoms. The Hall–Kier alpha value is -2.04. The van der Waals surface area contributed by atoms with E-state index in [-0.39, 0.29) is 12.5 Å². The maximum absolute atomic E-state index is 12.9. The molecule has 0 unspecified atom stereocenters. The topological polar surface area (TPSA) is 43.8 Å². The summed E-state index contributed by atoms with van der Waals surface area (Å²) < 4.78 is 0. The SMILES string of the molecule is CN(C)c1ccc2c(c1)CCN(c1cccc(Cl)c1CO)C2=O. The number of aliphatic hydroxyl groups excluding tert-OH is 1. The van der Waals surface area contributed by atoms with E-state index in [1.807, 2.05) is 37.2 Å². The van der Waals surface area contributed by atoms with Gasteiger partial charge in [0, 0.05) is 42.5 Å². The van der Waals surface area contributed by atoms with Gasteiger partial charge in [0.25, 0.3) is 5.91 Å². The Balaban J connectivity index is 2.00. The lowest BCUT2D eigenvalue weighted by molar-refractivity contribution is 0.0980. The third-order valence-corrected chi connectivity index (χ3v) is 4.58. The first-order valence-electron chi connectivity index (χ1n) is 7.53. The van der Waals surface area contributed by atoms with Crippen LogP contribution in [-0.4, -0.2) is 31.7 Å². The molecule has 0 aliphatic carbocycles. The largest absolute Gasteiger partial charge is 0.392 e. The average Bonchev–Trinajstić information content (AvgIpc) is 2.54. The fourth-order valence-electron chi connectivity index (χ4n) is 2.94. The number of hydrogen-bond acceptors (Lipinski definition) is 3. The summed E-state index contributed by atoms with van der Waals surface area (Å²) in [5, 5.41) is 10.1. The summed E-state index contributed by atoms with van der Waals surface area (Å²) in [5.41, 5.74) is 4.14. The second-order valence-corrected chi connectivity index (χ2v) is 6.25. The van der Waals surface area contributed by atoms with Crippen molar-refractivity contribution in [3.05, 3.63) is 58.1 Å². The Kier molecular flexibility index (Phi) is 4.28. The van der Waals surface area contributed by atoms with Crippen LogP contribution in [0.1, 0.15) is 21.5 Å². The van der Waals surface area contributed by atoms with Gasteiger partial charge in [-0.1, -0.05) is 17.7 Å². The van der Waals surface area contributed by atoms with Gasteiger partial charge in [0.1, 0.15) is 0 Å². The molecule has 23 heavy (non-hydrogen) atoms. The molecule has 2 aromatic rings. The van der Waals surface area contributed by atoms with Gasteiger partial charge >= 0.3 is 0 Å². The molecule has 120 valence electrons. The van der Waals surface area contributed by atoms with Gasteiger partial charge in [-0.15, -0.1) is 0 Å². The van der Waals surface area contributed by atoms with E-state index in [1.165, 1.54) is 0 Å². The molecule has 0 radical (unpaired) electrons. The molecule has 1 N–H and O–H groups in total. The Morgan fingerprint density at radius 3 is 2.74 bits per heavy atom. The summed E-state index contributed by atoms with van der Waals surface area (Å²) in [4.78, 5) is 16.6. The highest BCUT2D eigenvalue weighted by Crippen LogP contribution is 2.32. The lowest BCUT2D eigenvalue weighted by Gasteiger charge is -2.31. The van der Waals surface area contributed by atoms with Crippen molar-refractivity contribution >= 4 is 28.9 Å². The lowest BCUT2D eigenvalue weighted by Crippen LogP contribution is -2.38. The number of aliphatic hydroxyl groups is 1. The van der Waals surface area contributed by atoms with E-state index in [4.69, 9.17) is 11.6 Å². The van der Waals surface area contributed by atoms with Gasteiger partial charge in [-0.25, -0.2) is 0 Å². The van der Waals surface area contributed by atoms with Crippen LogP contribution >= 0.6 is 11.6 Å². The minimum absolute atomic E-state index is 0.0477. The minimum Gasteiger partial charge on any atom is -0.392 e. The quantitative estimate of drug-likeness (QED) is 0.940. The zero-order valence-corrected chi connectivity index (χ0v) is 14.0. The van der Waals surface area contributed by atoms with E-state index in [0.717, 1.165) is 17.7 Å². The second-order valence-electron chi connectivity index (χ2n) is 5.84. The molecule has 1 heterocycles. The zero-order chi connectivity index (χ0) is 16.6. The first-order chi connectivity index (χ1) is 11.0. The molecule has 3 rings (SSSR count). The van der Waals surface area contributed by atoms with E-state index in [1.54, 1.807) is 17.0 Å². The van der Waals surface area contributed by atoms with Crippen LogP contribution in [0.4, 0.5) is 11.4 Å². The Morgan fingerprint density at radius 2 is 2.04 bits per heavy atom. The summed E-state index contributed by atoms with van der Waals surface area (Å²) in [5.74, 6) is -0.0477. The molecule has 0 fully saturated rings. The van der Waals surface area contributed by atoms with Crippen molar-refractivity contribution < 1.29 is 9.90 Å². The molecule has 0 atom stereocenters. The van der Waals surface area contributed by atoms with Crippen LogP contribution < -0.4 is 9.80 Å². The number of hydrogen-bond donors (Lipinski definition) is 1. The van der Waals surface area contributed by atoms with Gasteiger partial charge in [0.15, 0.2) is 0 Å². The summed E-state index contributed by atoms with van der Waals surface area (Å²) in [6.07, 6.45) is 0.778. The molecule has 1 amide bonds. The number of carbonyl (C=O) groups excluding carboxylic acids is 1. The minimum atomic E-state index is -0.189. The number of anilines is 2. The van der Waals surface area contributed by atoms with E-state index >= 15 is 0 Å². The van der Waals surface area contributed by atoms with Crippen molar-refractivity contribution in [1.82, 2.24) is 0 Å². The maximum atomic E-state index is 12.9. The van der Waals surface area contributed by atoms with Crippen LogP contribution in [-0.2, 0) is 13.0 Å². The summed E-state index contributed by atoms with van der Waals surface area (Å²) in [7, 11) is 3.97. The van der Waals surface area contributed by atoms with E-state index in [9.17, 15) is 9.90 Å². The Morgan fingerprint density at radius 1 is 1.26 bits per heavy atom. The predicted molar refractivity (Wildman–Crippen MR) is 93.5 cm³/mol. The van der Waals surface area contributed by atoms with Crippen molar-refractivity contribution in [3.63, 3.8) is 0 Å². The van der Waals surface area contributed by atoms with E-state index in [0.29, 0.717) is 28.4 Å². The molecular formula is C18H19ClN2O2. The van der Waals surface area contributed by atoms with Crippen LogP contribution in [0.5, 0.6) is 0 Å². The van der Waals surface area contributed by atoms with Crippen LogP contribution in [0.3, 0.4) is 0 Å². The molecule has 0 saturated carbocycles. The predicted octanol–water partition coefficient (Wildman–Crippen LogP) is 3.10. The number of nitrogens with zero attached hydrogens (tertiary/aromatic N) is 2. The number of rotatable bonds is 3. The number of benzene rings is 2. The van der Waals surface area contributed by atoms with Crippen molar-refractivity contribution in [2.24, 2.45) is 0 Å². The summed E-state index contributed by atoms with van der Waals surface area (Å²) >= 11 is 6.15. The van der Waals surface area contributed by atoms with Crippen molar-refractivity contribution in [3.8, 4) is 0 Å². The van der Waals surface area contributed by atoms with Crippen molar-refractivity contribution in [2.75, 3.05) is 30.4 Å². The van der Waals surface area contributed by atoms with Crippen LogP contribution in [0.2, 0.25) is 5.02 Å².